The summed E-state index contributed by atoms with van der Waals surface area (Å²) in [7, 11) is 0. The summed E-state index contributed by atoms with van der Waals surface area (Å²) in [6, 6.07) is 31.5. The monoisotopic (exact) mass is 1020 g/mol. The molecule has 2 amide bonds. The van der Waals surface area contributed by atoms with E-state index in [1.54, 1.807) is 12.2 Å². The molecular weight excluding hydrogens is 939 g/mol. The number of allylic oxidation sites excluding steroid dienone is 2. The van der Waals surface area contributed by atoms with Gasteiger partial charge in [0.1, 0.15) is 30.3 Å². The first-order valence-electron chi connectivity index (χ1n) is 25.1. The van der Waals surface area contributed by atoms with Crippen LogP contribution >= 0.6 is 0 Å². The highest BCUT2D eigenvalue weighted by Gasteiger charge is 2.38. The molecule has 4 atom stereocenters. The van der Waals surface area contributed by atoms with Crippen LogP contribution in [0.4, 0.5) is 4.79 Å². The van der Waals surface area contributed by atoms with Crippen LogP contribution in [0.15, 0.2) is 122 Å². The van der Waals surface area contributed by atoms with Crippen LogP contribution in [0.2, 0.25) is 0 Å². The second kappa shape index (κ2) is 29.0. The molecule has 14 nitrogen and oxygen atoms in total. The highest BCUT2D eigenvalue weighted by atomic mass is 16.5. The highest BCUT2D eigenvalue weighted by Crippen LogP contribution is 2.46. The molecule has 0 aliphatic heterocycles. The summed E-state index contributed by atoms with van der Waals surface area (Å²) < 4.78 is 11.1. The third-order valence-electron chi connectivity index (χ3n) is 13.1. The van der Waals surface area contributed by atoms with E-state index in [0.29, 0.717) is 32.1 Å². The Bertz CT molecular complexity index is 2460. The number of alkyl carbamates (subject to hydrolysis) is 1. The van der Waals surface area contributed by atoms with Crippen molar-refractivity contribution in [2.75, 3.05) is 13.2 Å². The molecule has 0 saturated carbocycles. The number of carboxylic acids is 3. The fraction of sp³-hybridized carbons (Fsp3) is 0.433. The van der Waals surface area contributed by atoms with E-state index in [4.69, 9.17) is 20.3 Å². The summed E-state index contributed by atoms with van der Waals surface area (Å²) in [4.78, 5) is 71.9. The van der Waals surface area contributed by atoms with Gasteiger partial charge in [0, 0.05) is 17.8 Å². The van der Waals surface area contributed by atoms with Crippen LogP contribution in [0.3, 0.4) is 0 Å². The van der Waals surface area contributed by atoms with E-state index in [-0.39, 0.29) is 57.2 Å². The average Bonchev–Trinajstić information content (AvgIpc) is 3.84. The number of benzene rings is 4. The number of fused-ring (bicyclic) bond motifs is 6. The molecule has 0 saturated heterocycles. The number of hydrogen-bond donors (Lipinski definition) is 6. The lowest BCUT2D eigenvalue weighted by Crippen LogP contribution is -2.54. The lowest BCUT2D eigenvalue weighted by molar-refractivity contribution is -0.150. The van der Waals surface area contributed by atoms with Gasteiger partial charge in [-0.15, -0.1) is 13.2 Å². The lowest BCUT2D eigenvalue weighted by atomic mass is 9.90. The van der Waals surface area contributed by atoms with Gasteiger partial charge in [-0.2, -0.15) is 0 Å². The number of carboxylic acid groups (broad SMARTS) is 3. The van der Waals surface area contributed by atoms with Gasteiger partial charge in [0.25, 0.3) is 0 Å². The number of rotatable bonds is 24. The first-order valence-corrected chi connectivity index (χ1v) is 25.1. The van der Waals surface area contributed by atoms with Gasteiger partial charge in [-0.05, 0) is 122 Å². The topological polar surface area (TPSA) is 232 Å². The van der Waals surface area contributed by atoms with Gasteiger partial charge in [0.05, 0.1) is 6.42 Å². The number of carbonyl (C=O) groups excluding carboxylic acids is 3. The number of hydrogen-bond acceptors (Lipinski definition) is 9. The molecule has 0 heterocycles. The van der Waals surface area contributed by atoms with Crippen molar-refractivity contribution in [2.45, 2.75) is 136 Å². The summed E-state index contributed by atoms with van der Waals surface area (Å²) in [5.74, 6) is -4.43. The van der Waals surface area contributed by atoms with E-state index in [9.17, 15) is 39.0 Å². The van der Waals surface area contributed by atoms with Gasteiger partial charge >= 0.3 is 30.0 Å². The third-order valence-corrected chi connectivity index (χ3v) is 13.1. The SMILES string of the molecule is C.C=CCCC[C@](C)(N)C(=O)O.C=CCCC[C@](C)(NC(=O)[C@H](CC(=O)OCC1c2ccccc2-c2ccccc21)CC(C)C)C(=O)O.CC(C)C[C@@H](NC(=O)OCC1c2ccccc2-c2ccccc21)C(=O)O. The average molecular weight is 1020 g/mol. The molecule has 74 heavy (non-hydrogen) atoms. The van der Waals surface area contributed by atoms with Gasteiger partial charge in [0.2, 0.25) is 5.91 Å². The van der Waals surface area contributed by atoms with Gasteiger partial charge < -0.3 is 41.2 Å². The first kappa shape index (κ1) is 61.2. The third kappa shape index (κ3) is 17.3. The van der Waals surface area contributed by atoms with Crippen molar-refractivity contribution < 1.29 is 53.6 Å². The zero-order valence-corrected chi connectivity index (χ0v) is 43.2. The number of esters is 1. The fourth-order valence-electron chi connectivity index (χ4n) is 9.12. The number of amides is 2. The molecule has 0 unspecified atom stereocenters. The van der Waals surface area contributed by atoms with E-state index < -0.39 is 58.9 Å². The van der Waals surface area contributed by atoms with Crippen LogP contribution in [-0.4, -0.2) is 81.5 Å². The molecule has 0 radical (unpaired) electrons. The number of nitrogens with two attached hydrogens (primary N) is 1. The maximum atomic E-state index is 13.2. The molecule has 0 bridgehead atoms. The molecule has 0 aromatic heterocycles. The Labute approximate surface area is 437 Å². The molecule has 4 aromatic rings. The Morgan fingerprint density at radius 2 is 1.04 bits per heavy atom. The largest absolute Gasteiger partial charge is 0.480 e. The number of ether oxygens (including phenoxy) is 2. The lowest BCUT2D eigenvalue weighted by Gasteiger charge is -2.29. The van der Waals surface area contributed by atoms with E-state index in [0.717, 1.165) is 57.3 Å². The standard InChI is InChI=1S/C30H37NO5.C21H23NO4.C8H15NO2.CH4/c1-5-6-11-16-30(4,29(34)35)31-28(33)21(17-20(2)3)18-27(32)36-19-26-24-14-9-7-12-22(24)23-13-8-10-15-25(23)26;1-13(2)11-19(20(23)24)22-21(25)26-12-18-16-9-5-3-7-14(16)15-8-4-6-10-17(15)18;1-3-4-5-6-8(2,9)7(10)11;/h5,7-10,12-15,20-21,26H,1,6,11,16-19H2,2-4H3,(H,31,33)(H,34,35);3-10,13,18-19H,11-12H2,1-2H3,(H,22,25)(H,23,24);3H,1,4-6,9H2,2H3,(H,10,11);1H4/t21-,30-;19-;8-;/m010./s1. The van der Waals surface area contributed by atoms with Crippen LogP contribution in [-0.2, 0) is 33.4 Å². The second-order valence-corrected chi connectivity index (χ2v) is 20.1. The molecule has 2 aliphatic carbocycles. The van der Waals surface area contributed by atoms with Crippen molar-refractivity contribution in [3.63, 3.8) is 0 Å². The Morgan fingerprint density at radius 3 is 1.42 bits per heavy atom. The van der Waals surface area contributed by atoms with Gasteiger partial charge in [-0.25, -0.2) is 14.4 Å². The summed E-state index contributed by atoms with van der Waals surface area (Å²) >= 11 is 0. The van der Waals surface area contributed by atoms with Crippen molar-refractivity contribution in [3.8, 4) is 22.3 Å². The van der Waals surface area contributed by atoms with Crippen LogP contribution < -0.4 is 16.4 Å². The van der Waals surface area contributed by atoms with E-state index in [1.165, 1.54) is 13.8 Å². The molecule has 2 aliphatic rings. The molecule has 7 N–H and O–H groups in total. The fourth-order valence-corrected chi connectivity index (χ4v) is 9.12. The maximum absolute atomic E-state index is 13.2. The van der Waals surface area contributed by atoms with E-state index in [2.05, 4.69) is 60.2 Å². The van der Waals surface area contributed by atoms with Crippen LogP contribution in [0.5, 0.6) is 0 Å². The highest BCUT2D eigenvalue weighted by molar-refractivity contribution is 5.90. The zero-order valence-electron chi connectivity index (χ0n) is 43.2. The van der Waals surface area contributed by atoms with E-state index in [1.807, 2.05) is 88.4 Å². The van der Waals surface area contributed by atoms with Crippen molar-refractivity contribution in [2.24, 2.45) is 23.5 Å². The van der Waals surface area contributed by atoms with Crippen LogP contribution in [0.25, 0.3) is 22.3 Å². The number of unbranched alkanes of at least 4 members (excludes halogenated alkanes) is 2. The van der Waals surface area contributed by atoms with Crippen LogP contribution in [0.1, 0.15) is 141 Å². The van der Waals surface area contributed by atoms with Gasteiger partial charge in [-0.1, -0.05) is 144 Å². The second-order valence-electron chi connectivity index (χ2n) is 20.1. The molecule has 400 valence electrons. The summed E-state index contributed by atoms with van der Waals surface area (Å²) in [6.07, 6.45) is 7.14. The Balaban J connectivity index is 0.000000331. The molecule has 6 rings (SSSR count). The molecule has 4 aromatic carbocycles. The Hall–Kier alpha value is -7.06. The zero-order chi connectivity index (χ0) is 53.9. The number of aliphatic carboxylic acids is 3. The van der Waals surface area contributed by atoms with E-state index >= 15 is 0 Å². The summed E-state index contributed by atoms with van der Waals surface area (Å²) in [6.45, 7) is 18.4. The number of nitrogens with one attached hydrogen (secondary N) is 2. The van der Waals surface area contributed by atoms with Crippen LogP contribution in [0, 0.1) is 17.8 Å². The predicted octanol–water partition coefficient (Wildman–Crippen LogP) is 11.5. The smallest absolute Gasteiger partial charge is 0.407 e. The minimum atomic E-state index is -1.41. The maximum Gasteiger partial charge on any atom is 0.407 e. The first-order chi connectivity index (χ1) is 34.6. The van der Waals surface area contributed by atoms with Crippen molar-refractivity contribution >= 4 is 35.9 Å². The molecule has 0 spiro atoms. The van der Waals surface area contributed by atoms with Crippen molar-refractivity contribution in [3.05, 3.63) is 145 Å². The quantitative estimate of drug-likeness (QED) is 0.0219. The number of carbonyl (C=O) groups is 6. The Kier molecular flexibility index (Phi) is 24.0. The minimum absolute atomic E-state index is 0. The van der Waals surface area contributed by atoms with Crippen molar-refractivity contribution in [1.29, 1.82) is 0 Å². The van der Waals surface area contributed by atoms with Gasteiger partial charge in [-0.3, -0.25) is 14.4 Å². The normalized spacial score (nSPS) is 14.4. The Morgan fingerprint density at radius 1 is 0.635 bits per heavy atom. The predicted molar refractivity (Wildman–Crippen MR) is 291 cm³/mol. The summed E-state index contributed by atoms with van der Waals surface area (Å²) in [5.41, 5.74) is 12.1. The molecular formula is C60H79N3O11. The molecule has 0 fully saturated rings. The summed E-state index contributed by atoms with van der Waals surface area (Å²) in [5, 5.41) is 32.8. The minimum Gasteiger partial charge on any atom is -0.480 e. The van der Waals surface area contributed by atoms with Crippen molar-refractivity contribution in [1.82, 2.24) is 10.6 Å². The molecule has 14 heteroatoms. The van der Waals surface area contributed by atoms with Gasteiger partial charge in [0.15, 0.2) is 0 Å².